The summed E-state index contributed by atoms with van der Waals surface area (Å²) in [6, 6.07) is 12.3. The molecule has 0 aliphatic heterocycles. The van der Waals surface area contributed by atoms with E-state index in [2.05, 4.69) is 0 Å². The Morgan fingerprint density at radius 3 is 2.38 bits per heavy atom. The lowest BCUT2D eigenvalue weighted by Gasteiger charge is -2.39. The van der Waals surface area contributed by atoms with Crippen LogP contribution in [0.4, 0.5) is 13.2 Å². The van der Waals surface area contributed by atoms with Crippen LogP contribution in [-0.4, -0.2) is 33.7 Å². The van der Waals surface area contributed by atoms with Gasteiger partial charge in [-0.05, 0) is 41.7 Å². The molecule has 0 amide bonds. The molecule has 1 heterocycles. The third kappa shape index (κ3) is 4.52. The Bertz CT molecular complexity index is 1170. The van der Waals surface area contributed by atoms with Gasteiger partial charge in [-0.1, -0.05) is 32.0 Å². The summed E-state index contributed by atoms with van der Waals surface area (Å²) in [7, 11) is 1.41. The third-order valence-corrected chi connectivity index (χ3v) is 5.75. The largest absolute Gasteiger partial charge is 0.496 e. The molecule has 5 nitrogen and oxygen atoms in total. The average molecular weight is 449 g/mol. The van der Waals surface area contributed by atoms with E-state index < -0.39 is 30.2 Å². The van der Waals surface area contributed by atoms with Gasteiger partial charge in [-0.25, -0.2) is 0 Å². The van der Waals surface area contributed by atoms with Crippen LogP contribution in [0, 0.1) is 0 Å². The van der Waals surface area contributed by atoms with Crippen LogP contribution in [0.25, 0.3) is 10.9 Å². The fraction of sp³-hybridized carbons (Fsp3) is 0.375. The van der Waals surface area contributed by atoms with Gasteiger partial charge in [-0.2, -0.15) is 13.2 Å². The summed E-state index contributed by atoms with van der Waals surface area (Å²) in [5, 5.41) is 20.7. The highest BCUT2D eigenvalue weighted by Gasteiger charge is 2.56. The van der Waals surface area contributed by atoms with Crippen molar-refractivity contribution in [2.24, 2.45) is 0 Å². The van der Waals surface area contributed by atoms with Gasteiger partial charge in [0.15, 0.2) is 11.0 Å². The summed E-state index contributed by atoms with van der Waals surface area (Å²) < 4.78 is 49.3. The quantitative estimate of drug-likeness (QED) is 0.568. The number of pyridine rings is 1. The predicted octanol–water partition coefficient (Wildman–Crippen LogP) is 4.16. The number of aliphatic hydroxyl groups excluding tert-OH is 1. The second-order valence-corrected chi connectivity index (χ2v) is 8.61. The first-order valence-electron chi connectivity index (χ1n) is 10.1. The minimum Gasteiger partial charge on any atom is -0.496 e. The molecule has 2 N–H and O–H groups in total. The highest BCUT2D eigenvalue weighted by atomic mass is 19.4. The van der Waals surface area contributed by atoms with Crippen LogP contribution < -0.4 is 10.2 Å². The molecule has 2 aromatic carbocycles. The van der Waals surface area contributed by atoms with Crippen molar-refractivity contribution in [2.75, 3.05) is 7.11 Å². The van der Waals surface area contributed by atoms with E-state index in [4.69, 9.17) is 4.74 Å². The van der Waals surface area contributed by atoms with Crippen LogP contribution in [-0.2, 0) is 18.6 Å². The molecule has 0 fully saturated rings. The summed E-state index contributed by atoms with van der Waals surface area (Å²) in [4.78, 5) is 12.1. The average Bonchev–Trinajstić information content (AvgIpc) is 2.74. The molecule has 3 rings (SSSR count). The third-order valence-electron chi connectivity index (χ3n) is 5.75. The molecule has 1 aromatic heterocycles. The van der Waals surface area contributed by atoms with Gasteiger partial charge in [-0.3, -0.25) is 4.79 Å². The van der Waals surface area contributed by atoms with Crippen molar-refractivity contribution in [2.45, 2.75) is 50.6 Å². The van der Waals surface area contributed by atoms with E-state index in [1.807, 2.05) is 0 Å². The van der Waals surface area contributed by atoms with Gasteiger partial charge in [0.25, 0.3) is 0 Å². The van der Waals surface area contributed by atoms with E-state index in [9.17, 15) is 28.2 Å². The van der Waals surface area contributed by atoms with Crippen molar-refractivity contribution < 1.29 is 28.1 Å². The molecule has 0 saturated carbocycles. The molecule has 1 unspecified atom stereocenters. The first kappa shape index (κ1) is 23.8. The Morgan fingerprint density at radius 1 is 1.06 bits per heavy atom. The SMILES string of the molecule is COc1ccc(CO)cc1C(C)(C)CC(O)(Cn1ccc(=O)c2ccccc21)C(F)(F)F. The van der Waals surface area contributed by atoms with Gasteiger partial charge in [0.2, 0.25) is 0 Å². The van der Waals surface area contributed by atoms with E-state index in [0.29, 0.717) is 22.4 Å². The predicted molar refractivity (Wildman–Crippen MR) is 116 cm³/mol. The number of methoxy groups -OCH3 is 1. The molecule has 1 atom stereocenters. The molecule has 32 heavy (non-hydrogen) atoms. The Labute approximate surface area is 183 Å². The molecule has 8 heteroatoms. The number of aromatic nitrogens is 1. The first-order chi connectivity index (χ1) is 14.9. The summed E-state index contributed by atoms with van der Waals surface area (Å²) in [5.41, 5.74) is -3.31. The number of fused-ring (bicyclic) bond motifs is 1. The molecular formula is C24H26F3NO4. The smallest absolute Gasteiger partial charge is 0.418 e. The van der Waals surface area contributed by atoms with Crippen LogP contribution in [0.15, 0.2) is 59.5 Å². The van der Waals surface area contributed by atoms with Gasteiger partial charge >= 0.3 is 6.18 Å². The molecule has 0 bridgehead atoms. The minimum atomic E-state index is -4.95. The van der Waals surface area contributed by atoms with Gasteiger partial charge in [0, 0.05) is 23.2 Å². The second-order valence-electron chi connectivity index (χ2n) is 8.61. The van der Waals surface area contributed by atoms with Crippen LogP contribution in [0.2, 0.25) is 0 Å². The highest BCUT2D eigenvalue weighted by Crippen LogP contribution is 2.44. The minimum absolute atomic E-state index is 0.274. The van der Waals surface area contributed by atoms with Crippen molar-refractivity contribution in [1.82, 2.24) is 4.57 Å². The van der Waals surface area contributed by atoms with E-state index in [1.54, 1.807) is 50.2 Å². The molecule has 172 valence electrons. The van der Waals surface area contributed by atoms with Gasteiger partial charge in [0.05, 0.1) is 25.8 Å². The molecule has 0 saturated heterocycles. The summed E-state index contributed by atoms with van der Waals surface area (Å²) in [5.74, 6) is 0.366. The number of ether oxygens (including phenoxy) is 1. The molecule has 3 aromatic rings. The van der Waals surface area contributed by atoms with Crippen LogP contribution >= 0.6 is 0 Å². The number of nitrogens with zero attached hydrogens (tertiary/aromatic N) is 1. The number of hydrogen-bond acceptors (Lipinski definition) is 4. The fourth-order valence-electron chi connectivity index (χ4n) is 4.13. The zero-order valence-electron chi connectivity index (χ0n) is 18.1. The van der Waals surface area contributed by atoms with E-state index in [1.165, 1.54) is 30.0 Å². The van der Waals surface area contributed by atoms with Crippen molar-refractivity contribution in [3.05, 3.63) is 76.1 Å². The zero-order valence-corrected chi connectivity index (χ0v) is 18.1. The highest BCUT2D eigenvalue weighted by molar-refractivity contribution is 5.78. The monoisotopic (exact) mass is 449 g/mol. The number of hydrogen-bond donors (Lipinski definition) is 2. The number of halogens is 3. The number of rotatable bonds is 7. The lowest BCUT2D eigenvalue weighted by Crippen LogP contribution is -2.52. The van der Waals surface area contributed by atoms with Crippen LogP contribution in [0.5, 0.6) is 5.75 Å². The number of aliphatic hydroxyl groups is 2. The normalized spacial score (nSPS) is 14.4. The summed E-state index contributed by atoms with van der Waals surface area (Å²) in [6.45, 7) is 2.11. The van der Waals surface area contributed by atoms with Gasteiger partial charge in [-0.15, -0.1) is 0 Å². The number of para-hydroxylation sites is 1. The Hall–Kier alpha value is -2.84. The number of benzene rings is 2. The molecular weight excluding hydrogens is 423 g/mol. The molecule has 0 aliphatic carbocycles. The van der Waals surface area contributed by atoms with E-state index in [-0.39, 0.29) is 17.4 Å². The molecule has 0 spiro atoms. The molecule has 0 radical (unpaired) electrons. The Balaban J connectivity index is 2.08. The lowest BCUT2D eigenvalue weighted by molar-refractivity contribution is -0.271. The van der Waals surface area contributed by atoms with E-state index in [0.717, 1.165) is 0 Å². The van der Waals surface area contributed by atoms with Crippen LogP contribution in [0.3, 0.4) is 0 Å². The topological polar surface area (TPSA) is 71.7 Å². The van der Waals surface area contributed by atoms with Gasteiger partial charge in [0.1, 0.15) is 5.75 Å². The maximum absolute atomic E-state index is 14.2. The molecule has 0 aliphatic rings. The van der Waals surface area contributed by atoms with Gasteiger partial charge < -0.3 is 19.5 Å². The Kier molecular flexibility index (Phi) is 6.40. The van der Waals surface area contributed by atoms with Crippen molar-refractivity contribution >= 4 is 10.9 Å². The van der Waals surface area contributed by atoms with Crippen molar-refractivity contribution in [3.8, 4) is 5.75 Å². The lowest BCUT2D eigenvalue weighted by atomic mass is 9.74. The second kappa shape index (κ2) is 8.60. The fourth-order valence-corrected chi connectivity index (χ4v) is 4.13. The standard InChI is InChI=1S/C24H26F3NO4/c1-22(2,18-12-16(13-29)8-9-21(18)32-3)14-23(31,24(25,26)27)15-28-11-10-20(30)17-6-4-5-7-19(17)28/h4-12,29,31H,13-15H2,1-3H3. The van der Waals surface area contributed by atoms with Crippen LogP contribution in [0.1, 0.15) is 31.4 Å². The number of alkyl halides is 3. The van der Waals surface area contributed by atoms with E-state index >= 15 is 0 Å². The summed E-state index contributed by atoms with van der Waals surface area (Å²) >= 11 is 0. The Morgan fingerprint density at radius 2 is 1.75 bits per heavy atom. The zero-order chi connectivity index (χ0) is 23.7. The van der Waals surface area contributed by atoms with Crippen molar-refractivity contribution in [1.29, 1.82) is 0 Å². The maximum atomic E-state index is 14.2. The maximum Gasteiger partial charge on any atom is 0.418 e. The summed E-state index contributed by atoms with van der Waals surface area (Å²) in [6.07, 6.45) is -4.35. The first-order valence-corrected chi connectivity index (χ1v) is 10.1. The van der Waals surface area contributed by atoms with Crippen molar-refractivity contribution in [3.63, 3.8) is 0 Å².